The van der Waals surface area contributed by atoms with Gasteiger partial charge in [-0.3, -0.25) is 4.79 Å². The van der Waals surface area contributed by atoms with E-state index in [1.54, 1.807) is 30.3 Å². The van der Waals surface area contributed by atoms with Crippen molar-refractivity contribution in [2.45, 2.75) is 31.6 Å². The second kappa shape index (κ2) is 6.32. The summed E-state index contributed by atoms with van der Waals surface area (Å²) in [5.74, 6) is -0.177. The number of hydrogen-bond donors (Lipinski definition) is 0. The zero-order chi connectivity index (χ0) is 16.3. The van der Waals surface area contributed by atoms with Crippen molar-refractivity contribution in [1.29, 1.82) is 0 Å². The van der Waals surface area contributed by atoms with Crippen molar-refractivity contribution in [3.8, 4) is 5.75 Å². The van der Waals surface area contributed by atoms with Crippen LogP contribution in [0.15, 0.2) is 58.2 Å². The first-order valence-electron chi connectivity index (χ1n) is 6.95. The molecule has 0 radical (unpaired) electrons. The first kappa shape index (κ1) is 16.2. The molecule has 2 rings (SSSR count). The Morgan fingerprint density at radius 3 is 2.14 bits per heavy atom. The van der Waals surface area contributed by atoms with Crippen LogP contribution in [0.25, 0.3) is 0 Å². The van der Waals surface area contributed by atoms with Crippen LogP contribution in [0.2, 0.25) is 0 Å². The van der Waals surface area contributed by atoms with E-state index in [4.69, 9.17) is 4.18 Å². The van der Waals surface area contributed by atoms with Crippen LogP contribution in [0.3, 0.4) is 0 Å². The lowest BCUT2D eigenvalue weighted by Crippen LogP contribution is -2.16. The van der Waals surface area contributed by atoms with Gasteiger partial charge in [-0.2, -0.15) is 8.42 Å². The van der Waals surface area contributed by atoms with Crippen molar-refractivity contribution in [2.24, 2.45) is 0 Å². The zero-order valence-electron chi connectivity index (χ0n) is 12.7. The van der Waals surface area contributed by atoms with Gasteiger partial charge < -0.3 is 4.18 Å². The maximum Gasteiger partial charge on any atom is 0.339 e. The highest BCUT2D eigenvalue weighted by molar-refractivity contribution is 7.87. The van der Waals surface area contributed by atoms with Gasteiger partial charge in [-0.05, 0) is 31.0 Å². The predicted octanol–water partition coefficient (Wildman–Crippen LogP) is 3.25. The Morgan fingerprint density at radius 1 is 0.955 bits per heavy atom. The molecular formula is C17H18O4S. The SMILES string of the molecule is Cc1ccc(S(=O)(=O)Oc2c(C(C)C)ccccc2=O)cc1. The fourth-order valence-electron chi connectivity index (χ4n) is 2.00. The zero-order valence-corrected chi connectivity index (χ0v) is 13.6. The van der Waals surface area contributed by atoms with Crippen LogP contribution in [0, 0.1) is 6.92 Å². The molecule has 0 aliphatic rings. The number of aryl methyl sites for hydroxylation is 1. The molecule has 0 aliphatic carbocycles. The maximum absolute atomic E-state index is 12.4. The van der Waals surface area contributed by atoms with Crippen LogP contribution in [-0.4, -0.2) is 8.42 Å². The largest absolute Gasteiger partial charge is 0.374 e. The Hall–Kier alpha value is -2.14. The second-order valence-corrected chi connectivity index (χ2v) is 6.92. The molecule has 0 unspecified atom stereocenters. The van der Waals surface area contributed by atoms with Crippen molar-refractivity contribution in [1.82, 2.24) is 0 Å². The van der Waals surface area contributed by atoms with Gasteiger partial charge >= 0.3 is 10.1 Å². The van der Waals surface area contributed by atoms with Crippen LogP contribution in [0.4, 0.5) is 0 Å². The molecule has 0 aliphatic heterocycles. The van der Waals surface area contributed by atoms with Gasteiger partial charge in [-0.25, -0.2) is 0 Å². The minimum Gasteiger partial charge on any atom is -0.374 e. The molecule has 2 aromatic rings. The standard InChI is InChI=1S/C17H18O4S/c1-12(2)15-6-4-5-7-16(18)17(15)21-22(19,20)14-10-8-13(3)9-11-14/h4-12H,1-3H3. The Balaban J connectivity index is 2.53. The smallest absolute Gasteiger partial charge is 0.339 e. The van der Waals surface area contributed by atoms with Gasteiger partial charge in [0.25, 0.3) is 0 Å². The number of hydrogen-bond acceptors (Lipinski definition) is 4. The molecule has 0 aromatic heterocycles. The summed E-state index contributed by atoms with van der Waals surface area (Å²) in [6, 6.07) is 12.6. The highest BCUT2D eigenvalue weighted by Gasteiger charge is 2.21. The second-order valence-electron chi connectivity index (χ2n) is 5.37. The van der Waals surface area contributed by atoms with E-state index >= 15 is 0 Å². The lowest BCUT2D eigenvalue weighted by Gasteiger charge is -2.11. The highest BCUT2D eigenvalue weighted by atomic mass is 32.2. The van der Waals surface area contributed by atoms with Crippen LogP contribution in [-0.2, 0) is 10.1 Å². The van der Waals surface area contributed by atoms with Gasteiger partial charge in [0.15, 0.2) is 5.75 Å². The lowest BCUT2D eigenvalue weighted by molar-refractivity contribution is 0.479. The first-order chi connectivity index (χ1) is 10.3. The molecule has 2 aromatic carbocycles. The number of benzene rings is 1. The molecule has 0 heterocycles. The van der Waals surface area contributed by atoms with Crippen molar-refractivity contribution in [3.63, 3.8) is 0 Å². The van der Waals surface area contributed by atoms with Crippen LogP contribution in [0.1, 0.15) is 30.9 Å². The van der Waals surface area contributed by atoms with Gasteiger partial charge in [-0.1, -0.05) is 49.7 Å². The normalized spacial score (nSPS) is 11.5. The minimum atomic E-state index is -4.04. The molecule has 0 bridgehead atoms. The van der Waals surface area contributed by atoms with Gasteiger partial charge in [0, 0.05) is 5.56 Å². The van der Waals surface area contributed by atoms with Crippen molar-refractivity contribution in [3.05, 3.63) is 69.9 Å². The van der Waals surface area contributed by atoms with Gasteiger partial charge in [0.2, 0.25) is 5.43 Å². The Labute approximate surface area is 130 Å². The molecule has 0 saturated carbocycles. The van der Waals surface area contributed by atoms with Crippen LogP contribution >= 0.6 is 0 Å². The summed E-state index contributed by atoms with van der Waals surface area (Å²) < 4.78 is 29.9. The third-order valence-corrected chi connectivity index (χ3v) is 4.48. The first-order valence-corrected chi connectivity index (χ1v) is 8.36. The highest BCUT2D eigenvalue weighted by Crippen LogP contribution is 2.25. The summed E-state index contributed by atoms with van der Waals surface area (Å²) >= 11 is 0. The van der Waals surface area contributed by atoms with Crippen LogP contribution < -0.4 is 9.61 Å². The van der Waals surface area contributed by atoms with E-state index in [2.05, 4.69) is 0 Å². The quantitative estimate of drug-likeness (QED) is 0.812. The monoisotopic (exact) mass is 318 g/mol. The average Bonchev–Trinajstić information content (AvgIpc) is 2.62. The van der Waals surface area contributed by atoms with E-state index in [1.165, 1.54) is 18.2 Å². The molecular weight excluding hydrogens is 300 g/mol. The summed E-state index contributed by atoms with van der Waals surface area (Å²) in [4.78, 5) is 12.1. The van der Waals surface area contributed by atoms with E-state index in [9.17, 15) is 13.2 Å². The summed E-state index contributed by atoms with van der Waals surface area (Å²) in [5, 5.41) is 0. The third kappa shape index (κ3) is 3.54. The van der Waals surface area contributed by atoms with Gasteiger partial charge in [0.05, 0.1) is 0 Å². The summed E-state index contributed by atoms with van der Waals surface area (Å²) in [7, 11) is -4.04. The molecule has 0 N–H and O–H groups in total. The van der Waals surface area contributed by atoms with E-state index in [-0.39, 0.29) is 16.6 Å². The molecule has 5 heteroatoms. The molecule has 22 heavy (non-hydrogen) atoms. The Morgan fingerprint density at radius 2 is 1.55 bits per heavy atom. The minimum absolute atomic E-state index is 0.0266. The number of rotatable bonds is 4. The van der Waals surface area contributed by atoms with E-state index in [1.807, 2.05) is 20.8 Å². The third-order valence-electron chi connectivity index (χ3n) is 3.25. The topological polar surface area (TPSA) is 60.4 Å². The molecule has 116 valence electrons. The summed E-state index contributed by atoms with van der Waals surface area (Å²) in [5.41, 5.74) is 1.05. The summed E-state index contributed by atoms with van der Waals surface area (Å²) in [6.07, 6.45) is 0. The molecule has 0 amide bonds. The Kier molecular flexibility index (Phi) is 4.66. The molecule has 0 fully saturated rings. The van der Waals surface area contributed by atoms with Crippen LogP contribution in [0.5, 0.6) is 5.75 Å². The molecule has 0 spiro atoms. The lowest BCUT2D eigenvalue weighted by atomic mass is 10.0. The predicted molar refractivity (Wildman–Crippen MR) is 85.8 cm³/mol. The van der Waals surface area contributed by atoms with Crippen molar-refractivity contribution < 1.29 is 12.6 Å². The van der Waals surface area contributed by atoms with E-state index < -0.39 is 15.5 Å². The van der Waals surface area contributed by atoms with Gasteiger partial charge in [-0.15, -0.1) is 0 Å². The Bertz CT molecular complexity index is 822. The molecule has 0 atom stereocenters. The van der Waals surface area contributed by atoms with Gasteiger partial charge in [0.1, 0.15) is 4.90 Å². The maximum atomic E-state index is 12.4. The van der Waals surface area contributed by atoms with Crippen molar-refractivity contribution in [2.75, 3.05) is 0 Å². The molecule has 4 nitrogen and oxygen atoms in total. The van der Waals surface area contributed by atoms with E-state index in [0.29, 0.717) is 5.56 Å². The molecule has 0 saturated heterocycles. The fraction of sp³-hybridized carbons (Fsp3) is 0.235. The fourth-order valence-corrected chi connectivity index (χ4v) is 2.97. The van der Waals surface area contributed by atoms with Crippen molar-refractivity contribution >= 4 is 10.1 Å². The van der Waals surface area contributed by atoms with E-state index in [0.717, 1.165) is 5.56 Å². The average molecular weight is 318 g/mol. The summed E-state index contributed by atoms with van der Waals surface area (Å²) in [6.45, 7) is 5.61.